The summed E-state index contributed by atoms with van der Waals surface area (Å²) in [5, 5.41) is 11.6. The second-order valence-corrected chi connectivity index (χ2v) is 5.26. The lowest BCUT2D eigenvalue weighted by atomic mass is 9.87. The molecule has 0 heterocycles. The maximum absolute atomic E-state index is 13.1. The van der Waals surface area contributed by atoms with Gasteiger partial charge in [0.15, 0.2) is 0 Å². The third kappa shape index (κ3) is 2.76. The zero-order valence-electron chi connectivity index (χ0n) is 9.75. The van der Waals surface area contributed by atoms with Crippen molar-refractivity contribution in [2.45, 2.75) is 44.7 Å². The van der Waals surface area contributed by atoms with Gasteiger partial charge in [0.1, 0.15) is 6.17 Å². The van der Waals surface area contributed by atoms with Crippen molar-refractivity contribution in [3.63, 3.8) is 0 Å². The Balaban J connectivity index is 1.79. The Hall–Kier alpha value is -1.13. The Kier molecular flexibility index (Phi) is 3.35. The van der Waals surface area contributed by atoms with Gasteiger partial charge >= 0.3 is 5.97 Å². The van der Waals surface area contributed by atoms with Gasteiger partial charge in [-0.15, -0.1) is 0 Å². The van der Waals surface area contributed by atoms with Crippen molar-refractivity contribution in [3.8, 4) is 0 Å². The molecule has 0 aliphatic heterocycles. The Morgan fingerprint density at radius 3 is 2.59 bits per heavy atom. The molecular weight excluding hydrogens is 225 g/mol. The van der Waals surface area contributed by atoms with Crippen molar-refractivity contribution in [2.24, 2.45) is 11.3 Å². The number of hydrogen-bond donors (Lipinski definition) is 2. The maximum Gasteiger partial charge on any atom is 0.311 e. The number of carboxylic acids is 1. The topological polar surface area (TPSA) is 66.4 Å². The summed E-state index contributed by atoms with van der Waals surface area (Å²) in [6, 6.07) is 0. The van der Waals surface area contributed by atoms with Gasteiger partial charge in [0, 0.05) is 12.5 Å². The zero-order chi connectivity index (χ0) is 12.5. The molecule has 2 rings (SSSR count). The molecule has 4 nitrogen and oxygen atoms in total. The molecule has 0 bridgehead atoms. The van der Waals surface area contributed by atoms with Gasteiger partial charge in [-0.1, -0.05) is 0 Å². The molecular formula is C12H18FNO3. The molecule has 0 aromatic heterocycles. The number of aliphatic carboxylic acids is 1. The van der Waals surface area contributed by atoms with E-state index in [2.05, 4.69) is 5.32 Å². The van der Waals surface area contributed by atoms with Gasteiger partial charge in [0.25, 0.3) is 0 Å². The molecule has 0 spiro atoms. The third-order valence-electron chi connectivity index (χ3n) is 3.89. The number of carbonyl (C=O) groups is 2. The van der Waals surface area contributed by atoms with E-state index in [1.807, 2.05) is 0 Å². The van der Waals surface area contributed by atoms with Gasteiger partial charge in [-0.2, -0.15) is 0 Å². The average Bonchev–Trinajstić information content (AvgIpc) is 3.07. The van der Waals surface area contributed by atoms with Crippen LogP contribution in [0.5, 0.6) is 0 Å². The fourth-order valence-electron chi connectivity index (χ4n) is 2.39. The quantitative estimate of drug-likeness (QED) is 0.786. The summed E-state index contributed by atoms with van der Waals surface area (Å²) in [5.74, 6) is -1.30. The van der Waals surface area contributed by atoms with Crippen LogP contribution in [0.15, 0.2) is 0 Å². The van der Waals surface area contributed by atoms with Crippen LogP contribution in [0.4, 0.5) is 4.39 Å². The predicted octanol–water partition coefficient (Wildman–Crippen LogP) is 1.50. The van der Waals surface area contributed by atoms with Crippen LogP contribution in [0.3, 0.4) is 0 Å². The summed E-state index contributed by atoms with van der Waals surface area (Å²) in [5.41, 5.74) is -0.737. The van der Waals surface area contributed by atoms with Crippen molar-refractivity contribution >= 4 is 11.9 Å². The maximum atomic E-state index is 13.1. The SMILES string of the molecule is O=C(NCC1(C(=O)O)CC1)C1CCCC(F)C1. The van der Waals surface area contributed by atoms with Gasteiger partial charge in [0.2, 0.25) is 5.91 Å². The highest BCUT2D eigenvalue weighted by Crippen LogP contribution is 2.45. The first-order valence-corrected chi connectivity index (χ1v) is 6.19. The highest BCUT2D eigenvalue weighted by molar-refractivity contribution is 5.82. The minimum Gasteiger partial charge on any atom is -0.481 e. The van der Waals surface area contributed by atoms with E-state index < -0.39 is 17.6 Å². The molecule has 5 heteroatoms. The zero-order valence-corrected chi connectivity index (χ0v) is 9.75. The monoisotopic (exact) mass is 243 g/mol. The molecule has 96 valence electrons. The number of nitrogens with one attached hydrogen (secondary N) is 1. The van der Waals surface area contributed by atoms with Crippen LogP contribution in [0.1, 0.15) is 38.5 Å². The van der Waals surface area contributed by atoms with Crippen LogP contribution in [0.2, 0.25) is 0 Å². The van der Waals surface area contributed by atoms with Crippen LogP contribution in [0, 0.1) is 11.3 Å². The van der Waals surface area contributed by atoms with Crippen LogP contribution >= 0.6 is 0 Å². The lowest BCUT2D eigenvalue weighted by molar-refractivity contribution is -0.143. The molecule has 2 saturated carbocycles. The van der Waals surface area contributed by atoms with Crippen molar-refractivity contribution < 1.29 is 19.1 Å². The Labute approximate surface area is 99.6 Å². The Morgan fingerprint density at radius 1 is 1.35 bits per heavy atom. The van der Waals surface area contributed by atoms with Crippen LogP contribution in [0.25, 0.3) is 0 Å². The molecule has 2 atom stereocenters. The molecule has 1 amide bonds. The summed E-state index contributed by atoms with van der Waals surface area (Å²) >= 11 is 0. The van der Waals surface area contributed by atoms with Gasteiger partial charge in [-0.3, -0.25) is 9.59 Å². The third-order valence-corrected chi connectivity index (χ3v) is 3.89. The minimum absolute atomic E-state index is 0.181. The molecule has 0 radical (unpaired) electrons. The summed E-state index contributed by atoms with van der Waals surface area (Å²) in [4.78, 5) is 22.7. The van der Waals surface area contributed by atoms with Crippen molar-refractivity contribution in [1.29, 1.82) is 0 Å². The molecule has 2 aliphatic carbocycles. The molecule has 0 aromatic carbocycles. The number of alkyl halides is 1. The van der Waals surface area contributed by atoms with Crippen molar-refractivity contribution in [2.75, 3.05) is 6.54 Å². The normalized spacial score (nSPS) is 30.6. The number of hydrogen-bond acceptors (Lipinski definition) is 2. The summed E-state index contributed by atoms with van der Waals surface area (Å²) in [7, 11) is 0. The number of halogens is 1. The second-order valence-electron chi connectivity index (χ2n) is 5.26. The van der Waals surface area contributed by atoms with Gasteiger partial charge < -0.3 is 10.4 Å². The number of rotatable bonds is 4. The van der Waals surface area contributed by atoms with Crippen LogP contribution in [-0.2, 0) is 9.59 Å². The Morgan fingerprint density at radius 2 is 2.06 bits per heavy atom. The van der Waals surface area contributed by atoms with Gasteiger partial charge in [0.05, 0.1) is 5.41 Å². The van der Waals surface area contributed by atoms with E-state index in [4.69, 9.17) is 5.11 Å². The van der Waals surface area contributed by atoms with Crippen LogP contribution in [-0.4, -0.2) is 29.7 Å². The molecule has 2 aliphatic rings. The summed E-state index contributed by atoms with van der Waals surface area (Å²) in [6.07, 6.45) is 2.65. The average molecular weight is 243 g/mol. The van der Waals surface area contributed by atoms with Crippen molar-refractivity contribution in [1.82, 2.24) is 5.32 Å². The molecule has 2 unspecified atom stereocenters. The fourth-order valence-corrected chi connectivity index (χ4v) is 2.39. The predicted molar refractivity (Wildman–Crippen MR) is 59.2 cm³/mol. The largest absolute Gasteiger partial charge is 0.481 e. The van der Waals surface area contributed by atoms with E-state index in [-0.39, 0.29) is 24.8 Å². The first kappa shape index (κ1) is 12.3. The van der Waals surface area contributed by atoms with E-state index in [1.54, 1.807) is 0 Å². The van der Waals surface area contributed by atoms with E-state index in [0.29, 0.717) is 25.7 Å². The first-order valence-electron chi connectivity index (χ1n) is 6.19. The van der Waals surface area contributed by atoms with E-state index in [0.717, 1.165) is 6.42 Å². The second kappa shape index (κ2) is 4.63. The first-order chi connectivity index (χ1) is 8.03. The highest BCUT2D eigenvalue weighted by atomic mass is 19.1. The molecule has 0 saturated heterocycles. The molecule has 2 N–H and O–H groups in total. The lowest BCUT2D eigenvalue weighted by Gasteiger charge is -2.24. The number of amides is 1. The fraction of sp³-hybridized carbons (Fsp3) is 0.833. The van der Waals surface area contributed by atoms with E-state index in [1.165, 1.54) is 0 Å². The molecule has 17 heavy (non-hydrogen) atoms. The molecule has 0 aromatic rings. The smallest absolute Gasteiger partial charge is 0.311 e. The lowest BCUT2D eigenvalue weighted by Crippen LogP contribution is -2.39. The van der Waals surface area contributed by atoms with Crippen molar-refractivity contribution in [3.05, 3.63) is 0 Å². The summed E-state index contributed by atoms with van der Waals surface area (Å²) in [6.45, 7) is 0.189. The standard InChI is InChI=1S/C12H18FNO3/c13-9-3-1-2-8(6-9)10(15)14-7-12(4-5-12)11(16)17/h8-9H,1-7H2,(H,14,15)(H,16,17). The molecule has 2 fully saturated rings. The Bertz CT molecular complexity index is 328. The van der Waals surface area contributed by atoms with E-state index in [9.17, 15) is 14.0 Å². The highest BCUT2D eigenvalue weighted by Gasteiger charge is 2.50. The summed E-state index contributed by atoms with van der Waals surface area (Å²) < 4.78 is 13.1. The van der Waals surface area contributed by atoms with Crippen LogP contribution < -0.4 is 5.32 Å². The number of carboxylic acid groups (broad SMARTS) is 1. The number of carbonyl (C=O) groups excluding carboxylic acids is 1. The minimum atomic E-state index is -0.881. The van der Waals surface area contributed by atoms with E-state index >= 15 is 0 Å². The van der Waals surface area contributed by atoms with Gasteiger partial charge in [-0.05, 0) is 38.5 Å². The van der Waals surface area contributed by atoms with Gasteiger partial charge in [-0.25, -0.2) is 4.39 Å².